The Kier molecular flexibility index (Phi) is 12.8. The number of carbonyl (C=O) groups excluding carboxylic acids is 3. The summed E-state index contributed by atoms with van der Waals surface area (Å²) in [5.41, 5.74) is 5.71. The number of unbranched alkanes of at least 4 members (excludes halogenated alkanes) is 1. The van der Waals surface area contributed by atoms with Crippen LogP contribution in [-0.2, 0) is 14.4 Å². The third-order valence-electron chi connectivity index (χ3n) is 5.34. The van der Waals surface area contributed by atoms with Crippen LogP contribution in [0, 0.1) is 5.92 Å². The summed E-state index contributed by atoms with van der Waals surface area (Å²) < 4.78 is 10.8. The lowest BCUT2D eigenvalue weighted by Crippen LogP contribution is -2.53. The molecule has 1 rings (SSSR count). The van der Waals surface area contributed by atoms with Crippen LogP contribution in [0.1, 0.15) is 56.8 Å². The molecule has 0 saturated heterocycles. The fraction of sp³-hybridized carbons (Fsp3) is 0.520. The number of benzene rings is 1. The maximum Gasteiger partial charge on any atom is 0.326 e. The molecule has 0 fully saturated rings. The molecule has 11 nitrogen and oxygen atoms in total. The summed E-state index contributed by atoms with van der Waals surface area (Å²) >= 11 is 0. The largest absolute Gasteiger partial charge is 0.493 e. The van der Waals surface area contributed by atoms with Gasteiger partial charge in [-0.2, -0.15) is 0 Å². The summed E-state index contributed by atoms with van der Waals surface area (Å²) in [7, 11) is 2.94. The molecular weight excluding hydrogens is 468 g/mol. The number of allylic oxidation sites excluding steroid dienone is 1. The lowest BCUT2D eigenvalue weighted by Gasteiger charge is -2.25. The van der Waals surface area contributed by atoms with E-state index in [9.17, 15) is 24.3 Å². The van der Waals surface area contributed by atoms with Crippen LogP contribution in [0.2, 0.25) is 0 Å². The van der Waals surface area contributed by atoms with Crippen molar-refractivity contribution in [1.29, 1.82) is 0 Å². The average Bonchev–Trinajstić information content (AvgIpc) is 2.83. The lowest BCUT2D eigenvalue weighted by atomic mass is 10.0. The molecule has 200 valence electrons. The number of anilines is 1. The normalized spacial score (nSPS) is 12.6. The van der Waals surface area contributed by atoms with Gasteiger partial charge in [0.25, 0.3) is 5.91 Å². The molecule has 6 N–H and O–H groups in total. The summed E-state index contributed by atoms with van der Waals surface area (Å²) in [5, 5.41) is 17.7. The lowest BCUT2D eigenvalue weighted by molar-refractivity contribution is -0.142. The molecule has 0 aromatic heterocycles. The first-order valence-electron chi connectivity index (χ1n) is 11.8. The van der Waals surface area contributed by atoms with Crippen LogP contribution < -0.4 is 31.2 Å². The quantitative estimate of drug-likeness (QED) is 0.212. The first-order chi connectivity index (χ1) is 17.1. The van der Waals surface area contributed by atoms with Crippen molar-refractivity contribution in [3.05, 3.63) is 29.8 Å². The summed E-state index contributed by atoms with van der Waals surface area (Å²) in [6.45, 7) is 5.94. The molecule has 1 aromatic rings. The summed E-state index contributed by atoms with van der Waals surface area (Å²) in [5.74, 6) is -2.85. The number of carboxylic acids is 1. The second-order valence-corrected chi connectivity index (χ2v) is 8.46. The number of primary amides is 1. The SMILES string of the molecule is CCC/C=C/CNc1c(C(=O)N[C@@H](C(=O)N[C@@H](CCC(N)=O)C(=O)O)C(C)C)ccc(OC)c1OC. The molecule has 0 heterocycles. The maximum absolute atomic E-state index is 13.3. The van der Waals surface area contributed by atoms with Crippen molar-refractivity contribution < 1.29 is 33.8 Å². The van der Waals surface area contributed by atoms with Gasteiger partial charge in [-0.25, -0.2) is 4.79 Å². The maximum atomic E-state index is 13.3. The minimum absolute atomic E-state index is 0.162. The van der Waals surface area contributed by atoms with Gasteiger partial charge in [-0.3, -0.25) is 14.4 Å². The number of ether oxygens (including phenoxy) is 2. The molecule has 0 spiro atoms. The Hall–Kier alpha value is -3.76. The molecule has 36 heavy (non-hydrogen) atoms. The zero-order valence-electron chi connectivity index (χ0n) is 21.6. The second-order valence-electron chi connectivity index (χ2n) is 8.46. The molecule has 11 heteroatoms. The van der Waals surface area contributed by atoms with E-state index in [0.29, 0.717) is 23.7 Å². The molecule has 0 aliphatic heterocycles. The van der Waals surface area contributed by atoms with Crippen LogP contribution in [0.4, 0.5) is 5.69 Å². The fourth-order valence-corrected chi connectivity index (χ4v) is 3.38. The van der Waals surface area contributed by atoms with Crippen molar-refractivity contribution in [2.24, 2.45) is 11.7 Å². The Morgan fingerprint density at radius 2 is 1.78 bits per heavy atom. The zero-order chi connectivity index (χ0) is 27.3. The highest BCUT2D eigenvalue weighted by Gasteiger charge is 2.30. The van der Waals surface area contributed by atoms with Gasteiger partial charge in [0, 0.05) is 13.0 Å². The van der Waals surface area contributed by atoms with E-state index in [1.54, 1.807) is 26.0 Å². The minimum Gasteiger partial charge on any atom is -0.493 e. The van der Waals surface area contributed by atoms with E-state index in [4.69, 9.17) is 15.2 Å². The summed E-state index contributed by atoms with van der Waals surface area (Å²) in [6, 6.07) is 0.770. The van der Waals surface area contributed by atoms with Crippen molar-refractivity contribution in [2.75, 3.05) is 26.1 Å². The van der Waals surface area contributed by atoms with Crippen molar-refractivity contribution in [1.82, 2.24) is 10.6 Å². The topological polar surface area (TPSA) is 169 Å². The number of rotatable bonds is 16. The van der Waals surface area contributed by atoms with Gasteiger partial charge in [0.1, 0.15) is 12.1 Å². The van der Waals surface area contributed by atoms with Crippen molar-refractivity contribution in [3.63, 3.8) is 0 Å². The Balaban J connectivity index is 3.19. The highest BCUT2D eigenvalue weighted by atomic mass is 16.5. The smallest absolute Gasteiger partial charge is 0.326 e. The van der Waals surface area contributed by atoms with Gasteiger partial charge < -0.3 is 36.3 Å². The van der Waals surface area contributed by atoms with Gasteiger partial charge >= 0.3 is 5.97 Å². The number of hydrogen-bond donors (Lipinski definition) is 5. The Morgan fingerprint density at radius 1 is 1.08 bits per heavy atom. The summed E-state index contributed by atoms with van der Waals surface area (Å²) in [4.78, 5) is 48.8. The molecule has 2 atom stereocenters. The standard InChI is InChI=1S/C25H38N4O7/c1-6-7-8-9-14-27-21-16(10-12-18(35-4)22(21)36-5)23(31)29-20(15(2)3)24(32)28-17(25(33)34)11-13-19(26)30/h8-10,12,15,17,20,27H,6-7,11,13-14H2,1-5H3,(H2,26,30)(H,28,32)(H,29,31)(H,33,34)/b9-8+/t17-,20+/m0/s1. The zero-order valence-corrected chi connectivity index (χ0v) is 21.6. The van der Waals surface area contributed by atoms with Crippen LogP contribution >= 0.6 is 0 Å². The molecule has 0 saturated carbocycles. The van der Waals surface area contributed by atoms with E-state index in [-0.39, 0.29) is 24.3 Å². The van der Waals surface area contributed by atoms with Crippen LogP contribution in [0.3, 0.4) is 0 Å². The van der Waals surface area contributed by atoms with Gasteiger partial charge in [-0.15, -0.1) is 0 Å². The average molecular weight is 507 g/mol. The molecule has 0 aliphatic rings. The van der Waals surface area contributed by atoms with E-state index < -0.39 is 35.8 Å². The predicted octanol–water partition coefficient (Wildman–Crippen LogP) is 2.06. The van der Waals surface area contributed by atoms with E-state index in [2.05, 4.69) is 22.9 Å². The molecule has 3 amide bonds. The van der Waals surface area contributed by atoms with Gasteiger partial charge in [0.15, 0.2) is 11.5 Å². The third kappa shape index (κ3) is 9.12. The van der Waals surface area contributed by atoms with E-state index in [1.807, 2.05) is 12.2 Å². The third-order valence-corrected chi connectivity index (χ3v) is 5.34. The van der Waals surface area contributed by atoms with Gasteiger partial charge in [-0.05, 0) is 30.9 Å². The molecule has 0 bridgehead atoms. The van der Waals surface area contributed by atoms with Crippen molar-refractivity contribution >= 4 is 29.4 Å². The highest BCUT2D eigenvalue weighted by molar-refractivity contribution is 6.03. The molecule has 0 radical (unpaired) electrons. The number of nitrogens with two attached hydrogens (primary N) is 1. The number of nitrogens with one attached hydrogen (secondary N) is 3. The number of amides is 3. The number of carbonyl (C=O) groups is 4. The first kappa shape index (κ1) is 30.3. The second kappa shape index (κ2) is 15.3. The fourth-order valence-electron chi connectivity index (χ4n) is 3.38. The molecule has 1 aromatic carbocycles. The minimum atomic E-state index is -1.32. The van der Waals surface area contributed by atoms with E-state index in [0.717, 1.165) is 12.8 Å². The van der Waals surface area contributed by atoms with Crippen molar-refractivity contribution in [3.8, 4) is 11.5 Å². The Bertz CT molecular complexity index is 947. The summed E-state index contributed by atoms with van der Waals surface area (Å²) in [6.07, 6.45) is 5.53. The predicted molar refractivity (Wildman–Crippen MR) is 136 cm³/mol. The first-order valence-corrected chi connectivity index (χ1v) is 11.8. The van der Waals surface area contributed by atoms with Crippen LogP contribution in [0.15, 0.2) is 24.3 Å². The van der Waals surface area contributed by atoms with E-state index >= 15 is 0 Å². The molecular formula is C25H38N4O7. The number of hydrogen-bond acceptors (Lipinski definition) is 7. The molecule has 0 aliphatic carbocycles. The van der Waals surface area contributed by atoms with Crippen LogP contribution in [-0.4, -0.2) is 61.6 Å². The van der Waals surface area contributed by atoms with E-state index in [1.165, 1.54) is 14.2 Å². The van der Waals surface area contributed by atoms with Crippen molar-refractivity contribution in [2.45, 2.75) is 58.5 Å². The number of carboxylic acid groups (broad SMARTS) is 1. The number of aliphatic carboxylic acids is 1. The number of methoxy groups -OCH3 is 2. The van der Waals surface area contributed by atoms with Crippen LogP contribution in [0.5, 0.6) is 11.5 Å². The monoisotopic (exact) mass is 506 g/mol. The highest BCUT2D eigenvalue weighted by Crippen LogP contribution is 2.38. The van der Waals surface area contributed by atoms with Crippen LogP contribution in [0.25, 0.3) is 0 Å². The Labute approximate surface area is 211 Å². The van der Waals surface area contributed by atoms with Gasteiger partial charge in [0.05, 0.1) is 25.5 Å². The molecule has 0 unspecified atom stereocenters. The van der Waals surface area contributed by atoms with Gasteiger partial charge in [0.2, 0.25) is 11.8 Å². The van der Waals surface area contributed by atoms with Gasteiger partial charge in [-0.1, -0.05) is 39.3 Å². The Morgan fingerprint density at radius 3 is 2.31 bits per heavy atom.